The Bertz CT molecular complexity index is 900. The summed E-state index contributed by atoms with van der Waals surface area (Å²) in [6.07, 6.45) is 1.91. The van der Waals surface area contributed by atoms with Gasteiger partial charge in [0.1, 0.15) is 11.6 Å². The van der Waals surface area contributed by atoms with Gasteiger partial charge in [0, 0.05) is 43.0 Å². The van der Waals surface area contributed by atoms with Gasteiger partial charge in [-0.2, -0.15) is 0 Å². The highest BCUT2D eigenvalue weighted by Crippen LogP contribution is 2.24. The predicted octanol–water partition coefficient (Wildman–Crippen LogP) is 3.40. The number of amides is 1. The third-order valence-electron chi connectivity index (χ3n) is 4.94. The smallest absolute Gasteiger partial charge is 0.260 e. The van der Waals surface area contributed by atoms with Gasteiger partial charge in [0.2, 0.25) is 0 Å². The van der Waals surface area contributed by atoms with Crippen LogP contribution in [0, 0.1) is 12.8 Å². The summed E-state index contributed by atoms with van der Waals surface area (Å²) >= 11 is 0. The van der Waals surface area contributed by atoms with Crippen LogP contribution in [-0.2, 0) is 11.3 Å². The van der Waals surface area contributed by atoms with Crippen molar-refractivity contribution in [3.8, 4) is 17.1 Å². The van der Waals surface area contributed by atoms with Crippen LogP contribution in [0.3, 0.4) is 0 Å². The summed E-state index contributed by atoms with van der Waals surface area (Å²) in [5.74, 6) is 2.21. The molecule has 2 heterocycles. The van der Waals surface area contributed by atoms with E-state index < -0.39 is 0 Å². The molecule has 3 aromatic rings. The van der Waals surface area contributed by atoms with Crippen molar-refractivity contribution in [2.45, 2.75) is 13.5 Å². The number of carbonyl (C=O) groups excluding carboxylic acids is 1. The first-order chi connectivity index (χ1) is 13.2. The lowest BCUT2D eigenvalue weighted by Crippen LogP contribution is -2.52. The molecule has 0 bridgehead atoms. The fraction of sp³-hybridized carbons (Fsp3) is 0.273. The van der Waals surface area contributed by atoms with Crippen molar-refractivity contribution in [1.82, 2.24) is 14.5 Å². The van der Waals surface area contributed by atoms with Crippen molar-refractivity contribution in [1.29, 1.82) is 0 Å². The number of aryl methyl sites for hydroxylation is 1. The third-order valence-corrected chi connectivity index (χ3v) is 4.94. The summed E-state index contributed by atoms with van der Waals surface area (Å²) in [4.78, 5) is 18.7. The molecule has 0 N–H and O–H groups in total. The molecule has 1 aliphatic rings. The van der Waals surface area contributed by atoms with Gasteiger partial charge >= 0.3 is 0 Å². The molecule has 1 fully saturated rings. The number of rotatable bonds is 6. The van der Waals surface area contributed by atoms with Gasteiger partial charge in [-0.25, -0.2) is 4.98 Å². The van der Waals surface area contributed by atoms with Crippen LogP contribution >= 0.6 is 0 Å². The highest BCUT2D eigenvalue weighted by atomic mass is 16.5. The number of carbonyl (C=O) groups is 1. The van der Waals surface area contributed by atoms with Crippen LogP contribution in [0.5, 0.6) is 5.75 Å². The Morgan fingerprint density at radius 2 is 1.74 bits per heavy atom. The molecular formula is C22H23N3O2. The van der Waals surface area contributed by atoms with Crippen LogP contribution in [0.2, 0.25) is 0 Å². The van der Waals surface area contributed by atoms with Crippen LogP contribution in [0.1, 0.15) is 5.69 Å². The van der Waals surface area contributed by atoms with E-state index in [-0.39, 0.29) is 12.5 Å². The number of hydrogen-bond donors (Lipinski definition) is 0. The highest BCUT2D eigenvalue weighted by molar-refractivity contribution is 5.78. The average molecular weight is 361 g/mol. The summed E-state index contributed by atoms with van der Waals surface area (Å²) in [5.41, 5.74) is 2.26. The first-order valence-corrected chi connectivity index (χ1v) is 9.24. The topological polar surface area (TPSA) is 47.4 Å². The third kappa shape index (κ3) is 3.87. The predicted molar refractivity (Wildman–Crippen MR) is 104 cm³/mol. The van der Waals surface area contributed by atoms with E-state index in [2.05, 4.69) is 28.6 Å². The van der Waals surface area contributed by atoms with Gasteiger partial charge in [0.05, 0.1) is 0 Å². The van der Waals surface area contributed by atoms with Crippen molar-refractivity contribution in [3.63, 3.8) is 0 Å². The molecular weight excluding hydrogens is 338 g/mol. The second-order valence-corrected chi connectivity index (χ2v) is 6.97. The fourth-order valence-electron chi connectivity index (χ4n) is 3.41. The van der Waals surface area contributed by atoms with Crippen molar-refractivity contribution < 1.29 is 9.53 Å². The molecule has 5 nitrogen and oxygen atoms in total. The fourth-order valence-corrected chi connectivity index (χ4v) is 3.41. The van der Waals surface area contributed by atoms with Crippen molar-refractivity contribution in [2.24, 2.45) is 5.92 Å². The Balaban J connectivity index is 1.32. The largest absolute Gasteiger partial charge is 0.484 e. The molecule has 1 amide bonds. The van der Waals surface area contributed by atoms with E-state index in [0.29, 0.717) is 5.92 Å². The molecule has 0 atom stereocenters. The second-order valence-electron chi connectivity index (χ2n) is 6.97. The number of imidazole rings is 1. The normalized spacial score (nSPS) is 14.0. The van der Waals surface area contributed by atoms with E-state index in [0.717, 1.165) is 42.5 Å². The quantitative estimate of drug-likeness (QED) is 0.676. The molecule has 0 saturated carbocycles. The molecule has 4 rings (SSSR count). The van der Waals surface area contributed by atoms with Crippen LogP contribution in [0.15, 0.2) is 66.9 Å². The Morgan fingerprint density at radius 1 is 1.07 bits per heavy atom. The van der Waals surface area contributed by atoms with E-state index in [1.807, 2.05) is 59.6 Å². The van der Waals surface area contributed by atoms with E-state index in [1.54, 1.807) is 0 Å². The number of nitrogens with zero attached hydrogens (tertiary/aromatic N) is 3. The Hall–Kier alpha value is -3.08. The van der Waals surface area contributed by atoms with Crippen LogP contribution in [0.25, 0.3) is 11.4 Å². The highest BCUT2D eigenvalue weighted by Gasteiger charge is 2.31. The van der Waals surface area contributed by atoms with E-state index in [9.17, 15) is 4.79 Å². The van der Waals surface area contributed by atoms with Crippen molar-refractivity contribution >= 4 is 5.91 Å². The zero-order valence-corrected chi connectivity index (χ0v) is 15.4. The summed E-state index contributed by atoms with van der Waals surface area (Å²) in [6, 6.07) is 19.7. The average Bonchev–Trinajstić information content (AvgIpc) is 3.04. The lowest BCUT2D eigenvalue weighted by Gasteiger charge is -2.39. The lowest BCUT2D eigenvalue weighted by atomic mass is 9.99. The first kappa shape index (κ1) is 17.3. The molecule has 0 unspecified atom stereocenters. The van der Waals surface area contributed by atoms with Crippen molar-refractivity contribution in [3.05, 3.63) is 72.6 Å². The standard InChI is InChI=1S/C22H23N3O2/c1-17-12-23-22(19-8-4-2-5-9-19)25(17)15-18-13-24(14-18)21(26)16-27-20-10-6-3-7-11-20/h2-12,18H,13-16H2,1H3. The summed E-state index contributed by atoms with van der Waals surface area (Å²) in [5, 5.41) is 0. The molecule has 2 aromatic carbocycles. The van der Waals surface area contributed by atoms with Crippen LogP contribution in [-0.4, -0.2) is 40.1 Å². The molecule has 27 heavy (non-hydrogen) atoms. The molecule has 1 saturated heterocycles. The zero-order chi connectivity index (χ0) is 18.6. The van der Waals surface area contributed by atoms with Gasteiger partial charge in [0.25, 0.3) is 5.91 Å². The summed E-state index contributed by atoms with van der Waals surface area (Å²) in [6.45, 7) is 4.58. The molecule has 5 heteroatoms. The van der Waals surface area contributed by atoms with Gasteiger partial charge in [-0.3, -0.25) is 4.79 Å². The molecule has 1 aromatic heterocycles. The molecule has 0 spiro atoms. The number of para-hydroxylation sites is 1. The maximum Gasteiger partial charge on any atom is 0.260 e. The Morgan fingerprint density at radius 3 is 2.44 bits per heavy atom. The van der Waals surface area contributed by atoms with E-state index in [4.69, 9.17) is 4.74 Å². The number of aromatic nitrogens is 2. The molecule has 138 valence electrons. The van der Waals surface area contributed by atoms with E-state index >= 15 is 0 Å². The monoisotopic (exact) mass is 361 g/mol. The van der Waals surface area contributed by atoms with Gasteiger partial charge < -0.3 is 14.2 Å². The Kier molecular flexibility index (Phi) is 4.92. The summed E-state index contributed by atoms with van der Waals surface area (Å²) in [7, 11) is 0. The van der Waals surface area contributed by atoms with Crippen molar-refractivity contribution in [2.75, 3.05) is 19.7 Å². The van der Waals surface area contributed by atoms with Gasteiger partial charge in [-0.05, 0) is 19.1 Å². The number of likely N-dealkylation sites (tertiary alicyclic amines) is 1. The number of hydrogen-bond acceptors (Lipinski definition) is 3. The maximum atomic E-state index is 12.3. The maximum absolute atomic E-state index is 12.3. The molecule has 0 radical (unpaired) electrons. The minimum atomic E-state index is 0.0424. The molecule has 0 aliphatic carbocycles. The van der Waals surface area contributed by atoms with E-state index in [1.165, 1.54) is 0 Å². The van der Waals surface area contributed by atoms with Gasteiger partial charge in [-0.1, -0.05) is 48.5 Å². The van der Waals surface area contributed by atoms with Crippen LogP contribution < -0.4 is 4.74 Å². The number of ether oxygens (including phenoxy) is 1. The first-order valence-electron chi connectivity index (χ1n) is 9.24. The minimum absolute atomic E-state index is 0.0424. The second kappa shape index (κ2) is 7.66. The summed E-state index contributed by atoms with van der Waals surface area (Å²) < 4.78 is 7.81. The minimum Gasteiger partial charge on any atom is -0.484 e. The van der Waals surface area contributed by atoms with Crippen LogP contribution in [0.4, 0.5) is 0 Å². The SMILES string of the molecule is Cc1cnc(-c2ccccc2)n1CC1CN(C(=O)COc2ccccc2)C1. The van der Waals surface area contributed by atoms with Gasteiger partial charge in [0.15, 0.2) is 6.61 Å². The Labute approximate surface area is 159 Å². The number of benzene rings is 2. The zero-order valence-electron chi connectivity index (χ0n) is 15.4. The van der Waals surface area contributed by atoms with Gasteiger partial charge in [-0.15, -0.1) is 0 Å². The lowest BCUT2D eigenvalue weighted by molar-refractivity contribution is -0.140. The molecule has 1 aliphatic heterocycles.